The van der Waals surface area contributed by atoms with Crippen LogP contribution in [0.25, 0.3) is 0 Å². The van der Waals surface area contributed by atoms with Gasteiger partial charge in [-0.2, -0.15) is 98.4 Å². The maximum atomic E-state index is 12.8. The van der Waals surface area contributed by atoms with Gasteiger partial charge in [-0.25, -0.2) is 0 Å². The van der Waals surface area contributed by atoms with Gasteiger partial charge in [0.15, 0.2) is 0 Å². The Balaban J connectivity index is 5.37. The Bertz CT molecular complexity index is 702. The second-order valence-corrected chi connectivity index (χ2v) is 5.20. The van der Waals surface area contributed by atoms with Crippen LogP contribution in [0.5, 0.6) is 0 Å². The van der Waals surface area contributed by atoms with E-state index in [2.05, 4.69) is 9.78 Å². The highest BCUT2D eigenvalue weighted by Crippen LogP contribution is 2.54. The minimum absolute atomic E-state index is 1.97. The molecule has 0 aliphatic heterocycles. The molecule has 0 saturated heterocycles. The van der Waals surface area contributed by atoms with Crippen molar-refractivity contribution in [1.82, 2.24) is 0 Å². The van der Waals surface area contributed by atoms with E-state index in [0.717, 1.165) is 0 Å². The monoisotopic (exact) mass is 558 g/mol. The van der Waals surface area contributed by atoms with E-state index < -0.39 is 60.6 Å². The minimum atomic E-state index is -7.64. The number of carbonyl (C=O) groups excluding carboxylic acids is 2. The third-order valence-electron chi connectivity index (χ3n) is 2.83. The summed E-state index contributed by atoms with van der Waals surface area (Å²) in [6, 6.07) is 0. The molecule has 0 atom stereocenters. The van der Waals surface area contributed by atoms with Gasteiger partial charge in [0, 0.05) is 0 Å². The van der Waals surface area contributed by atoms with E-state index in [-0.39, 0.29) is 0 Å². The number of hydrogen-bond donors (Lipinski definition) is 0. The van der Waals surface area contributed by atoms with Crippen LogP contribution in [0.4, 0.5) is 88.6 Å². The van der Waals surface area contributed by atoms with Crippen LogP contribution in [0.1, 0.15) is 0 Å². The maximum Gasteiger partial charge on any atom is 0.554 e. The van der Waals surface area contributed by atoms with Gasteiger partial charge in [-0.05, 0) is 0 Å². The van der Waals surface area contributed by atoms with Gasteiger partial charge >= 0.3 is 60.6 Å². The van der Waals surface area contributed by atoms with Gasteiger partial charge in [-0.1, -0.05) is 0 Å². The van der Waals surface area contributed by atoms with Crippen molar-refractivity contribution in [2.24, 2.45) is 0 Å². The highest BCUT2D eigenvalue weighted by atomic mass is 19.4. The number of hydrogen-bond acceptors (Lipinski definition) is 6. The zero-order chi connectivity index (χ0) is 28.0. The van der Waals surface area contributed by atoms with Gasteiger partial charge in [-0.3, -0.25) is 0 Å². The van der Waals surface area contributed by atoms with Gasteiger partial charge in [0.2, 0.25) is 0 Å². The molecule has 202 valence electrons. The Labute approximate surface area is 170 Å². The first kappa shape index (κ1) is 31.3. The normalized spacial score (nSPS) is 15.0. The van der Waals surface area contributed by atoms with E-state index in [4.69, 9.17) is 0 Å². The fraction of sp³-hybridized carbons (Fsp3) is 0.800. The van der Waals surface area contributed by atoms with Crippen LogP contribution < -0.4 is 0 Å². The molecule has 34 heavy (non-hydrogen) atoms. The first-order chi connectivity index (χ1) is 14.5. The van der Waals surface area contributed by atoms with Crippen molar-refractivity contribution in [2.45, 2.75) is 48.3 Å². The van der Waals surface area contributed by atoms with Gasteiger partial charge in [0.1, 0.15) is 0 Å². The second kappa shape index (κ2) is 8.49. The molecule has 0 aromatic rings. The van der Waals surface area contributed by atoms with E-state index in [9.17, 15) is 88.6 Å². The summed E-state index contributed by atoms with van der Waals surface area (Å²) in [5, 5.41) is 0. The standard InChI is InChI=1S/C10F18O6/c11-3(12,7(19,20)21)5(15,16)9(25,26)31-1(29)33-34-2(30)32-10(27,28)6(17,18)4(13,14)8(22,23)24. The van der Waals surface area contributed by atoms with Crippen LogP contribution in [-0.4, -0.2) is 60.6 Å². The van der Waals surface area contributed by atoms with Crippen LogP contribution in [0.15, 0.2) is 0 Å². The highest BCUT2D eigenvalue weighted by molar-refractivity contribution is 5.64. The molecular formula is C10F18O6. The molecule has 0 bridgehead atoms. The Morgan fingerprint density at radius 1 is 0.382 bits per heavy atom. The van der Waals surface area contributed by atoms with Crippen molar-refractivity contribution < 1.29 is 108 Å². The van der Waals surface area contributed by atoms with Gasteiger partial charge < -0.3 is 9.47 Å². The molecule has 6 nitrogen and oxygen atoms in total. The molecule has 0 rings (SSSR count). The molecule has 0 unspecified atom stereocenters. The van der Waals surface area contributed by atoms with E-state index in [1.165, 1.54) is 0 Å². The molecule has 0 heterocycles. The lowest BCUT2D eigenvalue weighted by Gasteiger charge is -2.32. The first-order valence-electron chi connectivity index (χ1n) is 6.70. The van der Waals surface area contributed by atoms with Crippen molar-refractivity contribution in [2.75, 3.05) is 0 Å². The van der Waals surface area contributed by atoms with Crippen molar-refractivity contribution >= 4 is 12.3 Å². The molecule has 0 aromatic heterocycles. The van der Waals surface area contributed by atoms with Crippen LogP contribution in [-0.2, 0) is 19.2 Å². The highest BCUT2D eigenvalue weighted by Gasteiger charge is 2.85. The summed E-state index contributed by atoms with van der Waals surface area (Å²) in [6.07, 6.45) is -36.8. The van der Waals surface area contributed by atoms with Crippen LogP contribution in [0.3, 0.4) is 0 Å². The van der Waals surface area contributed by atoms with Crippen molar-refractivity contribution in [1.29, 1.82) is 0 Å². The number of carbonyl (C=O) groups is 2. The molecule has 0 radical (unpaired) electrons. The second-order valence-electron chi connectivity index (χ2n) is 5.20. The van der Waals surface area contributed by atoms with Crippen LogP contribution in [0, 0.1) is 0 Å². The average Bonchev–Trinajstić information content (AvgIpc) is 2.56. The summed E-state index contributed by atoms with van der Waals surface area (Å²) in [5.74, 6) is -30.6. The number of alkyl halides is 18. The fourth-order valence-corrected chi connectivity index (χ4v) is 1.16. The topological polar surface area (TPSA) is 71.1 Å². The molecule has 0 spiro atoms. The summed E-state index contributed by atoms with van der Waals surface area (Å²) in [7, 11) is 0. The number of rotatable bonds is 6. The molecule has 0 aliphatic rings. The Kier molecular flexibility index (Phi) is 7.82. The van der Waals surface area contributed by atoms with Crippen molar-refractivity contribution in [3.05, 3.63) is 0 Å². The lowest BCUT2D eigenvalue weighted by atomic mass is 10.1. The molecule has 0 N–H and O–H groups in total. The van der Waals surface area contributed by atoms with Crippen molar-refractivity contribution in [3.63, 3.8) is 0 Å². The third kappa shape index (κ3) is 5.33. The zero-order valence-electron chi connectivity index (χ0n) is 14.3. The predicted molar refractivity (Wildman–Crippen MR) is 56.9 cm³/mol. The summed E-state index contributed by atoms with van der Waals surface area (Å²) in [4.78, 5) is 25.8. The quantitative estimate of drug-likeness (QED) is 0.171. The largest absolute Gasteiger partial charge is 0.554 e. The minimum Gasteiger partial charge on any atom is -0.361 e. The Morgan fingerprint density at radius 3 is 0.765 bits per heavy atom. The average molecular weight is 558 g/mol. The smallest absolute Gasteiger partial charge is 0.361 e. The SMILES string of the molecule is O=C(OOC(=O)OC(F)(F)C(F)(F)C(F)(F)C(F)(F)F)OC(F)(F)C(F)(F)C(F)(F)C(F)(F)F. The third-order valence-corrected chi connectivity index (χ3v) is 2.83. The Morgan fingerprint density at radius 2 is 0.588 bits per heavy atom. The lowest BCUT2D eigenvalue weighted by molar-refractivity contribution is -0.442. The molecule has 0 saturated carbocycles. The van der Waals surface area contributed by atoms with Crippen LogP contribution >= 0.6 is 0 Å². The maximum absolute atomic E-state index is 12.8. The molecule has 0 aromatic carbocycles. The van der Waals surface area contributed by atoms with E-state index in [0.29, 0.717) is 0 Å². The van der Waals surface area contributed by atoms with E-state index in [1.54, 1.807) is 0 Å². The summed E-state index contributed by atoms with van der Waals surface area (Å²) in [5.41, 5.74) is 0. The molecular weight excluding hydrogens is 558 g/mol. The molecule has 0 fully saturated rings. The summed E-state index contributed by atoms with van der Waals surface area (Å²) >= 11 is 0. The van der Waals surface area contributed by atoms with Gasteiger partial charge in [-0.15, -0.1) is 0 Å². The van der Waals surface area contributed by atoms with E-state index >= 15 is 0 Å². The number of ether oxygens (including phenoxy) is 2. The Hall–Kier alpha value is -2.72. The predicted octanol–water partition coefficient (Wildman–Crippen LogP) is 6.06. The lowest BCUT2D eigenvalue weighted by Crippen LogP contribution is -2.62. The van der Waals surface area contributed by atoms with Crippen molar-refractivity contribution in [3.8, 4) is 0 Å². The summed E-state index contributed by atoms with van der Waals surface area (Å²) in [6.45, 7) is 0. The zero-order valence-corrected chi connectivity index (χ0v) is 14.3. The molecule has 24 heteroatoms. The van der Waals surface area contributed by atoms with Gasteiger partial charge in [0.05, 0.1) is 0 Å². The fourth-order valence-electron chi connectivity index (χ4n) is 1.16. The van der Waals surface area contributed by atoms with Gasteiger partial charge in [0.25, 0.3) is 0 Å². The number of halogens is 18. The van der Waals surface area contributed by atoms with Crippen LogP contribution in [0.2, 0.25) is 0 Å². The van der Waals surface area contributed by atoms with E-state index in [1.807, 2.05) is 9.47 Å². The first-order valence-corrected chi connectivity index (χ1v) is 6.70. The molecule has 0 amide bonds. The molecule has 0 aliphatic carbocycles. The summed E-state index contributed by atoms with van der Waals surface area (Å²) < 4.78 is 227.